The van der Waals surface area contributed by atoms with E-state index < -0.39 is 0 Å². The van der Waals surface area contributed by atoms with Crippen molar-refractivity contribution < 1.29 is 0 Å². The first-order valence-corrected chi connectivity index (χ1v) is 7.41. The van der Waals surface area contributed by atoms with E-state index in [1.165, 1.54) is 37.7 Å². The number of hydrogen-bond donors (Lipinski definition) is 1. The molecule has 0 spiro atoms. The van der Waals surface area contributed by atoms with Crippen molar-refractivity contribution in [1.82, 2.24) is 0 Å². The Morgan fingerprint density at radius 3 is 2.73 bits per heavy atom. The zero-order chi connectivity index (χ0) is 11.1. The normalized spacial score (nSPS) is 11.2. The molecule has 0 radical (unpaired) electrons. The van der Waals surface area contributed by atoms with Crippen LogP contribution < -0.4 is 0 Å². The number of thiophene rings is 1. The van der Waals surface area contributed by atoms with Crippen LogP contribution in [-0.4, -0.2) is 0 Å². The van der Waals surface area contributed by atoms with Crippen LogP contribution in [0.25, 0.3) is 0 Å². The number of aryl methyl sites for hydroxylation is 1. The van der Waals surface area contributed by atoms with Crippen molar-refractivity contribution in [3.05, 3.63) is 21.9 Å². The van der Waals surface area contributed by atoms with Crippen LogP contribution in [-0.2, 0) is 12.2 Å². The Bertz CT molecular complexity index is 263. The summed E-state index contributed by atoms with van der Waals surface area (Å²) in [5.74, 6) is 1.75. The van der Waals surface area contributed by atoms with Gasteiger partial charge in [0.15, 0.2) is 0 Å². The molecule has 0 N–H and O–H groups in total. The minimum atomic E-state index is 0.861. The van der Waals surface area contributed by atoms with E-state index in [0.29, 0.717) is 0 Å². The Kier molecular flexibility index (Phi) is 6.42. The molecule has 0 saturated heterocycles. The summed E-state index contributed by atoms with van der Waals surface area (Å²) < 4.78 is 0. The van der Waals surface area contributed by atoms with Crippen LogP contribution in [0.2, 0.25) is 0 Å². The second-order valence-corrected chi connectivity index (χ2v) is 5.84. The van der Waals surface area contributed by atoms with Crippen molar-refractivity contribution >= 4 is 24.0 Å². The minimum absolute atomic E-state index is 0.861. The molecule has 0 atom stereocenters. The molecule has 0 aliphatic heterocycles. The fourth-order valence-corrected chi connectivity index (χ4v) is 3.10. The van der Waals surface area contributed by atoms with Crippen molar-refractivity contribution in [2.24, 2.45) is 5.92 Å². The number of rotatable bonds is 7. The standard InChI is InChI=1S/C13H22S2/c1-11(2)6-4-3-5-7-13-12(10-14)8-9-15-13/h8-9,11,14H,3-7,10H2,1-2H3. The zero-order valence-corrected chi connectivity index (χ0v) is 11.5. The Balaban J connectivity index is 2.15. The van der Waals surface area contributed by atoms with Crippen molar-refractivity contribution in [1.29, 1.82) is 0 Å². The summed E-state index contributed by atoms with van der Waals surface area (Å²) in [7, 11) is 0. The van der Waals surface area contributed by atoms with Gasteiger partial charge in [-0.25, -0.2) is 0 Å². The van der Waals surface area contributed by atoms with Gasteiger partial charge in [-0.15, -0.1) is 11.3 Å². The predicted molar refractivity (Wildman–Crippen MR) is 74.0 cm³/mol. The highest BCUT2D eigenvalue weighted by Gasteiger charge is 2.02. The first-order chi connectivity index (χ1) is 7.24. The quantitative estimate of drug-likeness (QED) is 0.508. The van der Waals surface area contributed by atoms with Gasteiger partial charge in [0, 0.05) is 10.6 Å². The predicted octanol–water partition coefficient (Wildman–Crippen LogP) is 4.94. The highest BCUT2D eigenvalue weighted by atomic mass is 32.1. The van der Waals surface area contributed by atoms with Crippen molar-refractivity contribution in [3.8, 4) is 0 Å². The maximum atomic E-state index is 4.34. The molecule has 2 heteroatoms. The Morgan fingerprint density at radius 2 is 2.07 bits per heavy atom. The molecule has 15 heavy (non-hydrogen) atoms. The third-order valence-electron chi connectivity index (χ3n) is 2.69. The average Bonchev–Trinajstić information content (AvgIpc) is 2.64. The van der Waals surface area contributed by atoms with Gasteiger partial charge in [-0.1, -0.05) is 33.1 Å². The van der Waals surface area contributed by atoms with E-state index in [4.69, 9.17) is 0 Å². The lowest BCUT2D eigenvalue weighted by molar-refractivity contribution is 0.527. The molecule has 1 aromatic heterocycles. The second-order valence-electron chi connectivity index (χ2n) is 4.52. The summed E-state index contributed by atoms with van der Waals surface area (Å²) in [6.45, 7) is 4.61. The van der Waals surface area contributed by atoms with Crippen LogP contribution >= 0.6 is 24.0 Å². The van der Waals surface area contributed by atoms with Gasteiger partial charge < -0.3 is 0 Å². The fraction of sp³-hybridized carbons (Fsp3) is 0.692. The van der Waals surface area contributed by atoms with Gasteiger partial charge in [-0.3, -0.25) is 0 Å². The molecule has 1 aromatic rings. The Morgan fingerprint density at radius 1 is 1.27 bits per heavy atom. The molecular formula is C13H22S2. The van der Waals surface area contributed by atoms with E-state index in [2.05, 4.69) is 37.9 Å². The number of unbranched alkanes of at least 4 members (excludes halogenated alkanes) is 2. The lowest BCUT2D eigenvalue weighted by Crippen LogP contribution is -1.89. The van der Waals surface area contributed by atoms with Crippen molar-refractivity contribution in [3.63, 3.8) is 0 Å². The zero-order valence-electron chi connectivity index (χ0n) is 9.83. The van der Waals surface area contributed by atoms with E-state index >= 15 is 0 Å². The smallest absolute Gasteiger partial charge is 0.0165 e. The summed E-state index contributed by atoms with van der Waals surface area (Å²) in [4.78, 5) is 1.55. The molecule has 1 rings (SSSR count). The maximum Gasteiger partial charge on any atom is 0.0165 e. The van der Waals surface area contributed by atoms with Gasteiger partial charge in [0.05, 0.1) is 0 Å². The first kappa shape index (κ1) is 13.1. The van der Waals surface area contributed by atoms with Gasteiger partial charge in [0.1, 0.15) is 0 Å². The van der Waals surface area contributed by atoms with E-state index in [0.717, 1.165) is 11.7 Å². The molecule has 1 heterocycles. The van der Waals surface area contributed by atoms with Gasteiger partial charge in [0.2, 0.25) is 0 Å². The monoisotopic (exact) mass is 242 g/mol. The summed E-state index contributed by atoms with van der Waals surface area (Å²) in [5, 5.41) is 2.19. The molecule has 0 aliphatic rings. The Labute approximate surface area is 104 Å². The lowest BCUT2D eigenvalue weighted by Gasteiger charge is -2.04. The van der Waals surface area contributed by atoms with Gasteiger partial charge in [-0.2, -0.15) is 12.6 Å². The number of hydrogen-bond acceptors (Lipinski definition) is 2. The summed E-state index contributed by atoms with van der Waals surface area (Å²) in [5.41, 5.74) is 1.44. The van der Waals surface area contributed by atoms with Crippen molar-refractivity contribution in [2.75, 3.05) is 0 Å². The second kappa shape index (κ2) is 7.34. The third kappa shape index (κ3) is 5.07. The van der Waals surface area contributed by atoms with Crippen LogP contribution in [0.3, 0.4) is 0 Å². The molecule has 0 unspecified atom stereocenters. The number of thiol groups is 1. The average molecular weight is 242 g/mol. The van der Waals surface area contributed by atoms with E-state index in [1.807, 2.05) is 11.3 Å². The van der Waals surface area contributed by atoms with Crippen LogP contribution in [0, 0.1) is 5.92 Å². The van der Waals surface area contributed by atoms with E-state index in [9.17, 15) is 0 Å². The Hall–Kier alpha value is 0.0500. The molecule has 86 valence electrons. The topological polar surface area (TPSA) is 0 Å². The third-order valence-corrected chi connectivity index (χ3v) is 4.06. The van der Waals surface area contributed by atoms with Crippen LogP contribution in [0.15, 0.2) is 11.4 Å². The molecular weight excluding hydrogens is 220 g/mol. The molecule has 0 bridgehead atoms. The highest BCUT2D eigenvalue weighted by molar-refractivity contribution is 7.79. The maximum absolute atomic E-state index is 4.34. The molecule has 0 nitrogen and oxygen atoms in total. The molecule has 0 aromatic carbocycles. The van der Waals surface area contributed by atoms with E-state index in [1.54, 1.807) is 4.88 Å². The largest absolute Gasteiger partial charge is 0.175 e. The summed E-state index contributed by atoms with van der Waals surface area (Å²) in [6.07, 6.45) is 6.74. The van der Waals surface area contributed by atoms with Crippen LogP contribution in [0.5, 0.6) is 0 Å². The van der Waals surface area contributed by atoms with Gasteiger partial charge in [0.25, 0.3) is 0 Å². The van der Waals surface area contributed by atoms with Crippen molar-refractivity contribution in [2.45, 2.75) is 51.7 Å². The molecule has 0 saturated carbocycles. The summed E-state index contributed by atoms with van der Waals surface area (Å²) >= 11 is 6.23. The lowest BCUT2D eigenvalue weighted by atomic mass is 10.0. The molecule has 0 aliphatic carbocycles. The van der Waals surface area contributed by atoms with Crippen LogP contribution in [0.4, 0.5) is 0 Å². The SMILES string of the molecule is CC(C)CCCCCc1sccc1CS. The highest BCUT2D eigenvalue weighted by Crippen LogP contribution is 2.21. The van der Waals surface area contributed by atoms with Gasteiger partial charge in [-0.05, 0) is 35.8 Å². The summed E-state index contributed by atoms with van der Waals surface area (Å²) in [6, 6.07) is 2.21. The molecule has 0 amide bonds. The minimum Gasteiger partial charge on any atom is -0.175 e. The van der Waals surface area contributed by atoms with Crippen LogP contribution in [0.1, 0.15) is 50.0 Å². The first-order valence-electron chi connectivity index (χ1n) is 5.90. The molecule has 0 fully saturated rings. The fourth-order valence-electron chi connectivity index (χ4n) is 1.74. The van der Waals surface area contributed by atoms with Gasteiger partial charge >= 0.3 is 0 Å². The van der Waals surface area contributed by atoms with E-state index in [-0.39, 0.29) is 0 Å².